The van der Waals surface area contributed by atoms with Gasteiger partial charge in [0.05, 0.1) is 19.3 Å². The fourth-order valence-corrected chi connectivity index (χ4v) is 5.45. The van der Waals surface area contributed by atoms with Gasteiger partial charge in [-0.05, 0) is 48.2 Å². The summed E-state index contributed by atoms with van der Waals surface area (Å²) in [5.41, 5.74) is 3.93. The molecule has 7 heteroatoms. The van der Waals surface area contributed by atoms with E-state index >= 15 is 0 Å². The van der Waals surface area contributed by atoms with Crippen LogP contribution in [-0.4, -0.2) is 37.5 Å². The quantitative estimate of drug-likeness (QED) is 0.323. The van der Waals surface area contributed by atoms with Crippen molar-refractivity contribution in [3.8, 4) is 5.75 Å². The van der Waals surface area contributed by atoms with Crippen LogP contribution in [0.25, 0.3) is 0 Å². The third-order valence-corrected chi connectivity index (χ3v) is 7.48. The Balaban J connectivity index is 1.38. The van der Waals surface area contributed by atoms with Gasteiger partial charge in [-0.1, -0.05) is 73.1 Å². The summed E-state index contributed by atoms with van der Waals surface area (Å²) in [6.07, 6.45) is -1.43. The maximum Gasteiger partial charge on any atom is 0.303 e. The SMILES string of the molecule is CCOc1ccc(Cc2cc(C3OC4COC(c5ccccc5)OC4C(C)C3OC(C)=O)ccc2Cl)cc1. The van der Waals surface area contributed by atoms with Gasteiger partial charge in [0.2, 0.25) is 0 Å². The lowest BCUT2D eigenvalue weighted by Gasteiger charge is -2.48. The summed E-state index contributed by atoms with van der Waals surface area (Å²) in [6.45, 7) is 6.44. The number of halogens is 1. The van der Waals surface area contributed by atoms with Gasteiger partial charge in [-0.3, -0.25) is 4.79 Å². The molecule has 38 heavy (non-hydrogen) atoms. The molecule has 2 saturated heterocycles. The second kappa shape index (κ2) is 11.9. The van der Waals surface area contributed by atoms with Crippen LogP contribution in [0.2, 0.25) is 5.02 Å². The van der Waals surface area contributed by atoms with Crippen molar-refractivity contribution < 1.29 is 28.5 Å². The van der Waals surface area contributed by atoms with E-state index in [1.165, 1.54) is 6.92 Å². The molecule has 6 nitrogen and oxygen atoms in total. The van der Waals surface area contributed by atoms with E-state index in [-0.39, 0.29) is 24.1 Å². The van der Waals surface area contributed by atoms with Crippen molar-refractivity contribution in [1.82, 2.24) is 0 Å². The van der Waals surface area contributed by atoms with E-state index in [1.807, 2.05) is 86.6 Å². The number of carbonyl (C=O) groups is 1. The molecule has 3 aromatic rings. The topological polar surface area (TPSA) is 63.2 Å². The number of hydrogen-bond donors (Lipinski definition) is 0. The number of benzene rings is 3. The minimum Gasteiger partial charge on any atom is -0.494 e. The molecule has 200 valence electrons. The first-order chi connectivity index (χ1) is 18.4. The van der Waals surface area contributed by atoms with Crippen LogP contribution >= 0.6 is 11.6 Å². The fraction of sp³-hybridized carbons (Fsp3) is 0.387. The number of ether oxygens (including phenoxy) is 5. The Bertz CT molecular complexity index is 1230. The number of rotatable bonds is 7. The lowest BCUT2D eigenvalue weighted by Crippen LogP contribution is -2.56. The van der Waals surface area contributed by atoms with Gasteiger partial charge in [-0.25, -0.2) is 0 Å². The Morgan fingerprint density at radius 3 is 2.47 bits per heavy atom. The van der Waals surface area contributed by atoms with E-state index in [2.05, 4.69) is 0 Å². The van der Waals surface area contributed by atoms with Gasteiger partial charge in [0, 0.05) is 23.4 Å². The van der Waals surface area contributed by atoms with Crippen molar-refractivity contribution >= 4 is 17.6 Å². The molecule has 3 aromatic carbocycles. The van der Waals surface area contributed by atoms with Crippen LogP contribution in [0.15, 0.2) is 72.8 Å². The molecule has 0 amide bonds. The first-order valence-electron chi connectivity index (χ1n) is 13.1. The molecule has 6 unspecified atom stereocenters. The largest absolute Gasteiger partial charge is 0.494 e. The van der Waals surface area contributed by atoms with E-state index in [9.17, 15) is 4.79 Å². The highest BCUT2D eigenvalue weighted by Crippen LogP contribution is 2.43. The van der Waals surface area contributed by atoms with Gasteiger partial charge in [0.1, 0.15) is 24.1 Å². The molecule has 2 aliphatic heterocycles. The van der Waals surface area contributed by atoms with E-state index in [0.29, 0.717) is 24.7 Å². The molecule has 2 aliphatic rings. The van der Waals surface area contributed by atoms with Crippen molar-refractivity contribution in [2.75, 3.05) is 13.2 Å². The summed E-state index contributed by atoms with van der Waals surface area (Å²) < 4.78 is 30.4. The summed E-state index contributed by atoms with van der Waals surface area (Å²) in [6, 6.07) is 23.7. The first kappa shape index (κ1) is 26.7. The predicted molar refractivity (Wildman–Crippen MR) is 144 cm³/mol. The minimum absolute atomic E-state index is 0.122. The number of esters is 1. The van der Waals surface area contributed by atoms with Gasteiger partial charge in [0.15, 0.2) is 6.29 Å². The van der Waals surface area contributed by atoms with Crippen LogP contribution in [0.1, 0.15) is 55.4 Å². The normalized spacial score (nSPS) is 26.8. The maximum atomic E-state index is 12.1. The molecular formula is C31H33ClO6. The molecule has 0 aromatic heterocycles. The predicted octanol–water partition coefficient (Wildman–Crippen LogP) is 6.45. The van der Waals surface area contributed by atoms with Gasteiger partial charge >= 0.3 is 5.97 Å². The van der Waals surface area contributed by atoms with Gasteiger partial charge in [-0.2, -0.15) is 0 Å². The standard InChI is InChI=1S/C31H33ClO6/c1-4-34-25-13-10-21(11-14-25)16-24-17-23(12-15-26(24)32)30-29(36-20(3)33)19(2)28-27(37-30)18-35-31(38-28)22-8-6-5-7-9-22/h5-15,17,19,27-31H,4,16,18H2,1-3H3. The third-order valence-electron chi connectivity index (χ3n) is 7.12. The summed E-state index contributed by atoms with van der Waals surface area (Å²) in [5.74, 6) is 0.359. The van der Waals surface area contributed by atoms with Crippen molar-refractivity contribution in [3.05, 3.63) is 100 Å². The molecule has 0 bridgehead atoms. The Morgan fingerprint density at radius 1 is 1.00 bits per heavy atom. The number of hydrogen-bond acceptors (Lipinski definition) is 6. The second-order valence-corrected chi connectivity index (χ2v) is 10.2. The monoisotopic (exact) mass is 536 g/mol. The molecule has 0 N–H and O–H groups in total. The highest BCUT2D eigenvalue weighted by atomic mass is 35.5. The summed E-state index contributed by atoms with van der Waals surface area (Å²) >= 11 is 6.61. The zero-order valence-electron chi connectivity index (χ0n) is 21.8. The van der Waals surface area contributed by atoms with E-state index < -0.39 is 18.5 Å². The van der Waals surface area contributed by atoms with Gasteiger partial charge < -0.3 is 23.7 Å². The highest BCUT2D eigenvalue weighted by molar-refractivity contribution is 6.31. The van der Waals surface area contributed by atoms with Crippen LogP contribution < -0.4 is 4.74 Å². The smallest absolute Gasteiger partial charge is 0.303 e. The molecule has 2 heterocycles. The number of carbonyl (C=O) groups excluding carboxylic acids is 1. The van der Waals surface area contributed by atoms with E-state index in [1.54, 1.807) is 0 Å². The lowest BCUT2D eigenvalue weighted by molar-refractivity contribution is -0.319. The molecule has 2 fully saturated rings. The lowest BCUT2D eigenvalue weighted by atomic mass is 9.83. The molecule has 5 rings (SSSR count). The summed E-state index contributed by atoms with van der Waals surface area (Å²) in [4.78, 5) is 12.1. The van der Waals surface area contributed by atoms with Crippen LogP contribution in [0, 0.1) is 5.92 Å². The highest BCUT2D eigenvalue weighted by Gasteiger charge is 2.49. The van der Waals surface area contributed by atoms with Crippen LogP contribution in [0.3, 0.4) is 0 Å². The zero-order chi connectivity index (χ0) is 26.6. The minimum atomic E-state index is -0.525. The van der Waals surface area contributed by atoms with Crippen LogP contribution in [0.4, 0.5) is 0 Å². The summed E-state index contributed by atoms with van der Waals surface area (Å²) in [7, 11) is 0. The molecule has 0 spiro atoms. The van der Waals surface area contributed by atoms with Crippen molar-refractivity contribution in [2.45, 2.75) is 57.9 Å². The van der Waals surface area contributed by atoms with Gasteiger partial charge in [-0.15, -0.1) is 0 Å². The Hall–Kier alpha value is -2.90. The molecule has 0 aliphatic carbocycles. The second-order valence-electron chi connectivity index (χ2n) is 9.81. The average Bonchev–Trinajstić information content (AvgIpc) is 2.93. The van der Waals surface area contributed by atoms with E-state index in [4.69, 9.17) is 35.3 Å². The Labute approximate surface area is 228 Å². The van der Waals surface area contributed by atoms with Crippen LogP contribution in [0.5, 0.6) is 5.75 Å². The van der Waals surface area contributed by atoms with Gasteiger partial charge in [0.25, 0.3) is 0 Å². The summed E-state index contributed by atoms with van der Waals surface area (Å²) in [5, 5.41) is 0.670. The molecule has 6 atom stereocenters. The fourth-order valence-electron chi connectivity index (χ4n) is 5.27. The van der Waals surface area contributed by atoms with E-state index in [0.717, 1.165) is 28.0 Å². The third kappa shape index (κ3) is 5.89. The Kier molecular flexibility index (Phi) is 8.34. The number of fused-ring (bicyclic) bond motifs is 1. The zero-order valence-corrected chi connectivity index (χ0v) is 22.6. The Morgan fingerprint density at radius 2 is 1.76 bits per heavy atom. The van der Waals surface area contributed by atoms with Crippen LogP contribution in [-0.2, 0) is 30.2 Å². The molecule has 0 radical (unpaired) electrons. The molecular weight excluding hydrogens is 504 g/mol. The van der Waals surface area contributed by atoms with Crippen molar-refractivity contribution in [3.63, 3.8) is 0 Å². The average molecular weight is 537 g/mol. The van der Waals surface area contributed by atoms with Crippen molar-refractivity contribution in [1.29, 1.82) is 0 Å². The maximum absolute atomic E-state index is 12.1. The first-order valence-corrected chi connectivity index (χ1v) is 13.5. The van der Waals surface area contributed by atoms with Crippen molar-refractivity contribution in [2.24, 2.45) is 5.92 Å². The molecule has 0 saturated carbocycles.